The lowest BCUT2D eigenvalue weighted by molar-refractivity contribution is 0.100. The van der Waals surface area contributed by atoms with Crippen molar-refractivity contribution in [3.63, 3.8) is 0 Å². The molecule has 1 amide bonds. The number of halogens is 1. The van der Waals surface area contributed by atoms with Crippen molar-refractivity contribution in [2.45, 2.75) is 13.5 Å². The van der Waals surface area contributed by atoms with E-state index in [4.69, 9.17) is 5.73 Å². The Kier molecular flexibility index (Phi) is 4.44. The highest BCUT2D eigenvalue weighted by Crippen LogP contribution is 2.26. The molecule has 28 heavy (non-hydrogen) atoms. The van der Waals surface area contributed by atoms with Crippen molar-refractivity contribution in [1.29, 1.82) is 0 Å². The van der Waals surface area contributed by atoms with E-state index >= 15 is 0 Å². The molecule has 4 aromatic rings. The van der Waals surface area contributed by atoms with Gasteiger partial charge in [0, 0.05) is 12.7 Å². The molecule has 0 aliphatic heterocycles. The van der Waals surface area contributed by atoms with Crippen LogP contribution in [-0.2, 0) is 6.54 Å². The summed E-state index contributed by atoms with van der Waals surface area (Å²) in [5.74, 6) is 0.0319. The summed E-state index contributed by atoms with van der Waals surface area (Å²) in [5, 5.41) is 3.08. The van der Waals surface area contributed by atoms with Crippen LogP contribution in [-0.4, -0.2) is 25.3 Å². The minimum atomic E-state index is -0.497. The monoisotopic (exact) mass is 376 g/mol. The molecule has 3 heterocycles. The van der Waals surface area contributed by atoms with Gasteiger partial charge in [-0.25, -0.2) is 14.4 Å². The molecule has 0 spiro atoms. The van der Waals surface area contributed by atoms with Crippen LogP contribution < -0.4 is 11.1 Å². The van der Waals surface area contributed by atoms with E-state index in [1.165, 1.54) is 18.5 Å². The number of primary amides is 1. The molecule has 0 saturated carbocycles. The van der Waals surface area contributed by atoms with Crippen molar-refractivity contribution in [3.05, 3.63) is 77.5 Å². The molecule has 0 aliphatic carbocycles. The van der Waals surface area contributed by atoms with Gasteiger partial charge in [-0.15, -0.1) is 0 Å². The summed E-state index contributed by atoms with van der Waals surface area (Å²) in [7, 11) is 0. The number of aryl methyl sites for hydroxylation is 1. The van der Waals surface area contributed by atoms with Gasteiger partial charge in [0.2, 0.25) is 5.95 Å². The number of pyridine rings is 1. The fourth-order valence-electron chi connectivity index (χ4n) is 3.14. The maximum atomic E-state index is 13.3. The maximum absolute atomic E-state index is 13.3. The van der Waals surface area contributed by atoms with Crippen molar-refractivity contribution in [3.8, 4) is 11.5 Å². The zero-order chi connectivity index (χ0) is 19.7. The van der Waals surface area contributed by atoms with Crippen LogP contribution >= 0.6 is 0 Å². The third kappa shape index (κ3) is 3.27. The SMILES string of the molecule is Cc1cc2c(C(N)=O)cccn2c1-c1ncnc(NCc2cccc(F)c2)n1. The molecule has 1 aromatic carbocycles. The summed E-state index contributed by atoms with van der Waals surface area (Å²) in [5.41, 5.74) is 9.01. The van der Waals surface area contributed by atoms with E-state index in [2.05, 4.69) is 20.3 Å². The summed E-state index contributed by atoms with van der Waals surface area (Å²) in [6.45, 7) is 2.29. The van der Waals surface area contributed by atoms with Crippen LogP contribution in [0.3, 0.4) is 0 Å². The predicted molar refractivity (Wildman–Crippen MR) is 103 cm³/mol. The van der Waals surface area contributed by atoms with E-state index in [9.17, 15) is 9.18 Å². The summed E-state index contributed by atoms with van der Waals surface area (Å²) in [6.07, 6.45) is 3.24. The molecule has 3 N–H and O–H groups in total. The van der Waals surface area contributed by atoms with E-state index in [-0.39, 0.29) is 5.82 Å². The number of nitrogens with zero attached hydrogens (tertiary/aromatic N) is 4. The van der Waals surface area contributed by atoms with Gasteiger partial charge in [-0.3, -0.25) is 4.79 Å². The first-order chi connectivity index (χ1) is 13.5. The van der Waals surface area contributed by atoms with E-state index in [1.54, 1.807) is 18.2 Å². The maximum Gasteiger partial charge on any atom is 0.250 e. The Morgan fingerprint density at radius 3 is 2.86 bits per heavy atom. The summed E-state index contributed by atoms with van der Waals surface area (Å²) in [4.78, 5) is 24.6. The molecule has 7 nitrogen and oxygen atoms in total. The molecule has 0 aliphatic rings. The van der Waals surface area contributed by atoms with Crippen molar-refractivity contribution < 1.29 is 9.18 Å². The van der Waals surface area contributed by atoms with Gasteiger partial charge in [0.05, 0.1) is 16.8 Å². The van der Waals surface area contributed by atoms with Crippen LogP contribution in [0.5, 0.6) is 0 Å². The van der Waals surface area contributed by atoms with Crippen molar-refractivity contribution >= 4 is 17.4 Å². The number of amides is 1. The fraction of sp³-hybridized carbons (Fsp3) is 0.100. The minimum absolute atomic E-state index is 0.295. The molecule has 4 rings (SSSR count). The van der Waals surface area contributed by atoms with Crippen molar-refractivity contribution in [2.24, 2.45) is 5.73 Å². The lowest BCUT2D eigenvalue weighted by atomic mass is 10.2. The fourth-order valence-corrected chi connectivity index (χ4v) is 3.14. The number of nitrogens with one attached hydrogen (secondary N) is 1. The second-order valence-corrected chi connectivity index (χ2v) is 6.33. The Morgan fingerprint density at radius 2 is 2.07 bits per heavy atom. The first-order valence-corrected chi connectivity index (χ1v) is 8.61. The van der Waals surface area contributed by atoms with Crippen LogP contribution in [0.4, 0.5) is 10.3 Å². The van der Waals surface area contributed by atoms with Crippen LogP contribution in [0.1, 0.15) is 21.5 Å². The third-order valence-corrected chi connectivity index (χ3v) is 4.39. The Morgan fingerprint density at radius 1 is 1.21 bits per heavy atom. The zero-order valence-corrected chi connectivity index (χ0v) is 15.1. The van der Waals surface area contributed by atoms with Gasteiger partial charge in [0.1, 0.15) is 12.1 Å². The molecule has 0 fully saturated rings. The second kappa shape index (κ2) is 7.07. The summed E-state index contributed by atoms with van der Waals surface area (Å²) < 4.78 is 15.2. The Labute approximate surface area is 160 Å². The van der Waals surface area contributed by atoms with Gasteiger partial charge in [-0.05, 0) is 48.4 Å². The topological polar surface area (TPSA) is 98.2 Å². The van der Waals surface area contributed by atoms with E-state index in [1.807, 2.05) is 29.7 Å². The molecule has 0 unspecified atom stereocenters. The quantitative estimate of drug-likeness (QED) is 0.558. The van der Waals surface area contributed by atoms with Crippen LogP contribution in [0, 0.1) is 12.7 Å². The van der Waals surface area contributed by atoms with E-state index in [0.717, 1.165) is 16.8 Å². The standard InChI is InChI=1S/C20H17FN6O/c1-12-8-16-15(18(22)28)6-3-7-27(16)17(12)19-24-11-25-20(26-19)23-10-13-4-2-5-14(21)9-13/h2-9,11H,10H2,1H3,(H2,22,28)(H,23,24,25,26). The number of rotatable bonds is 5. The molecule has 8 heteroatoms. The first kappa shape index (κ1) is 17.6. The van der Waals surface area contributed by atoms with Gasteiger partial charge in [-0.2, -0.15) is 4.98 Å². The average Bonchev–Trinajstić information content (AvgIpc) is 3.02. The van der Waals surface area contributed by atoms with Gasteiger partial charge >= 0.3 is 0 Å². The molecule has 0 saturated heterocycles. The number of hydrogen-bond acceptors (Lipinski definition) is 5. The Balaban J connectivity index is 1.69. The number of carbonyl (C=O) groups is 1. The number of aromatic nitrogens is 4. The minimum Gasteiger partial charge on any atom is -0.366 e. The number of hydrogen-bond donors (Lipinski definition) is 2. The van der Waals surface area contributed by atoms with Crippen LogP contribution in [0.15, 0.2) is 55.0 Å². The molecular weight excluding hydrogens is 359 g/mol. The second-order valence-electron chi connectivity index (χ2n) is 6.33. The van der Waals surface area contributed by atoms with Gasteiger partial charge < -0.3 is 15.5 Å². The number of nitrogens with two attached hydrogens (primary N) is 1. The predicted octanol–water partition coefficient (Wildman–Crippen LogP) is 2.95. The number of carbonyl (C=O) groups excluding carboxylic acids is 1. The molecule has 0 atom stereocenters. The zero-order valence-electron chi connectivity index (χ0n) is 15.1. The number of anilines is 1. The smallest absolute Gasteiger partial charge is 0.250 e. The van der Waals surface area contributed by atoms with Crippen LogP contribution in [0.25, 0.3) is 17.0 Å². The molecule has 140 valence electrons. The summed E-state index contributed by atoms with van der Waals surface area (Å²) >= 11 is 0. The van der Waals surface area contributed by atoms with E-state index in [0.29, 0.717) is 29.4 Å². The molecular formula is C20H17FN6O. The number of benzene rings is 1. The lowest BCUT2D eigenvalue weighted by Crippen LogP contribution is -2.12. The summed E-state index contributed by atoms with van der Waals surface area (Å²) in [6, 6.07) is 11.6. The van der Waals surface area contributed by atoms with Crippen molar-refractivity contribution in [2.75, 3.05) is 5.32 Å². The van der Waals surface area contributed by atoms with Crippen LogP contribution in [0.2, 0.25) is 0 Å². The Bertz CT molecular complexity index is 1190. The average molecular weight is 376 g/mol. The first-order valence-electron chi connectivity index (χ1n) is 8.61. The largest absolute Gasteiger partial charge is 0.366 e. The third-order valence-electron chi connectivity index (χ3n) is 4.39. The van der Waals surface area contributed by atoms with E-state index < -0.39 is 5.91 Å². The highest BCUT2D eigenvalue weighted by molar-refractivity contribution is 6.00. The number of fused-ring (bicyclic) bond motifs is 1. The highest BCUT2D eigenvalue weighted by Gasteiger charge is 2.16. The van der Waals surface area contributed by atoms with Gasteiger partial charge in [-0.1, -0.05) is 12.1 Å². The van der Waals surface area contributed by atoms with Gasteiger partial charge in [0.25, 0.3) is 5.91 Å². The molecule has 0 radical (unpaired) electrons. The van der Waals surface area contributed by atoms with Gasteiger partial charge in [0.15, 0.2) is 5.82 Å². The molecule has 3 aromatic heterocycles. The molecule has 0 bridgehead atoms. The lowest BCUT2D eigenvalue weighted by Gasteiger charge is -2.08. The Hall–Kier alpha value is -3.81. The van der Waals surface area contributed by atoms with Crippen molar-refractivity contribution in [1.82, 2.24) is 19.4 Å². The normalized spacial score (nSPS) is 10.9. The highest BCUT2D eigenvalue weighted by atomic mass is 19.1.